The Morgan fingerprint density at radius 2 is 2.09 bits per heavy atom. The number of amides is 1. The molecule has 0 saturated carbocycles. The molecule has 118 valence electrons. The van der Waals surface area contributed by atoms with Crippen molar-refractivity contribution < 1.29 is 23.5 Å². The second-order valence-corrected chi connectivity index (χ2v) is 5.19. The van der Waals surface area contributed by atoms with Gasteiger partial charge in [0.25, 0.3) is 0 Å². The molecule has 0 radical (unpaired) electrons. The summed E-state index contributed by atoms with van der Waals surface area (Å²) in [4.78, 5) is 48.7. The molecule has 2 aromatic rings. The lowest BCUT2D eigenvalue weighted by molar-refractivity contribution is -0.145. The van der Waals surface area contributed by atoms with E-state index in [0.717, 1.165) is 4.90 Å². The summed E-state index contributed by atoms with van der Waals surface area (Å²) >= 11 is 0. The number of carbonyl (C=O) groups is 3. The molecule has 7 heteroatoms. The zero-order valence-corrected chi connectivity index (χ0v) is 12.3. The fraction of sp³-hybridized carbons (Fsp3) is 0.250. The lowest BCUT2D eigenvalue weighted by atomic mass is 10.1. The molecule has 1 aliphatic heterocycles. The van der Waals surface area contributed by atoms with Crippen molar-refractivity contribution in [2.24, 2.45) is 5.92 Å². The minimum absolute atomic E-state index is 0.00757. The Balaban J connectivity index is 2.13. The summed E-state index contributed by atoms with van der Waals surface area (Å²) in [5, 5.41) is 0.259. The first-order chi connectivity index (χ1) is 11.1. The number of para-hydroxylation sites is 1. The van der Waals surface area contributed by atoms with Gasteiger partial charge in [0.15, 0.2) is 6.29 Å². The van der Waals surface area contributed by atoms with Crippen LogP contribution in [0.5, 0.6) is 0 Å². The predicted octanol–water partition coefficient (Wildman–Crippen LogP) is 1.13. The Hall–Kier alpha value is -2.96. The topological polar surface area (TPSA) is 93.9 Å². The molecule has 0 spiro atoms. The Labute approximate surface area is 130 Å². The molecule has 1 saturated heterocycles. The van der Waals surface area contributed by atoms with Crippen LogP contribution in [0.2, 0.25) is 0 Å². The van der Waals surface area contributed by atoms with Gasteiger partial charge in [0.1, 0.15) is 11.1 Å². The van der Waals surface area contributed by atoms with Gasteiger partial charge in [-0.1, -0.05) is 12.1 Å². The smallest absolute Gasteiger partial charge is 0.311 e. The number of fused-ring (bicyclic) bond motifs is 1. The molecule has 1 atom stereocenters. The van der Waals surface area contributed by atoms with E-state index in [4.69, 9.17) is 4.42 Å². The third kappa shape index (κ3) is 2.40. The van der Waals surface area contributed by atoms with Gasteiger partial charge in [-0.15, -0.1) is 0 Å². The van der Waals surface area contributed by atoms with Crippen molar-refractivity contribution in [2.45, 2.75) is 6.42 Å². The number of benzene rings is 1. The molecular formula is C16H13NO6. The highest BCUT2D eigenvalue weighted by Crippen LogP contribution is 2.29. The quantitative estimate of drug-likeness (QED) is 0.622. The molecule has 0 aliphatic carbocycles. The minimum Gasteiger partial charge on any atom is -0.469 e. The molecule has 1 aromatic heterocycles. The van der Waals surface area contributed by atoms with Crippen molar-refractivity contribution in [2.75, 3.05) is 18.6 Å². The van der Waals surface area contributed by atoms with Crippen LogP contribution in [0.25, 0.3) is 11.0 Å². The largest absolute Gasteiger partial charge is 0.469 e. The zero-order valence-electron chi connectivity index (χ0n) is 12.3. The number of carbonyl (C=O) groups excluding carboxylic acids is 3. The molecule has 23 heavy (non-hydrogen) atoms. The lowest BCUT2D eigenvalue weighted by Gasteiger charge is -2.16. The first-order valence-corrected chi connectivity index (χ1v) is 6.96. The monoisotopic (exact) mass is 315 g/mol. The van der Waals surface area contributed by atoms with Gasteiger partial charge < -0.3 is 9.15 Å². The highest BCUT2D eigenvalue weighted by Gasteiger charge is 2.38. The van der Waals surface area contributed by atoms with E-state index in [9.17, 15) is 19.2 Å². The average Bonchev–Trinajstić information content (AvgIpc) is 2.95. The summed E-state index contributed by atoms with van der Waals surface area (Å²) in [6.45, 7) is 0.00757. The summed E-state index contributed by atoms with van der Waals surface area (Å²) in [5.74, 6) is -1.69. The first-order valence-electron chi connectivity index (χ1n) is 6.96. The normalized spacial score (nSPS) is 17.5. The molecule has 3 rings (SSSR count). The van der Waals surface area contributed by atoms with Crippen molar-refractivity contribution in [1.82, 2.24) is 0 Å². The second-order valence-electron chi connectivity index (χ2n) is 5.19. The Morgan fingerprint density at radius 1 is 1.35 bits per heavy atom. The van der Waals surface area contributed by atoms with E-state index in [1.807, 2.05) is 0 Å². The summed E-state index contributed by atoms with van der Waals surface area (Å²) in [6, 6.07) is 6.45. The van der Waals surface area contributed by atoms with Crippen molar-refractivity contribution in [3.05, 3.63) is 40.1 Å². The number of anilines is 1. The van der Waals surface area contributed by atoms with Gasteiger partial charge >= 0.3 is 5.97 Å². The van der Waals surface area contributed by atoms with Gasteiger partial charge in [0.05, 0.1) is 18.4 Å². The number of nitrogens with zero attached hydrogens (tertiary/aromatic N) is 1. The molecular weight excluding hydrogens is 302 g/mol. The van der Waals surface area contributed by atoms with Gasteiger partial charge in [-0.2, -0.15) is 0 Å². The number of aldehydes is 1. The predicted molar refractivity (Wildman–Crippen MR) is 80.3 cm³/mol. The number of esters is 1. The van der Waals surface area contributed by atoms with E-state index < -0.39 is 23.2 Å². The highest BCUT2D eigenvalue weighted by molar-refractivity contribution is 6.02. The molecule has 1 fully saturated rings. The van der Waals surface area contributed by atoms with Crippen LogP contribution in [0.3, 0.4) is 0 Å². The molecule has 1 aliphatic rings. The van der Waals surface area contributed by atoms with Gasteiger partial charge in [0, 0.05) is 13.0 Å². The van der Waals surface area contributed by atoms with Crippen LogP contribution in [0, 0.1) is 5.92 Å². The zero-order chi connectivity index (χ0) is 16.6. The van der Waals surface area contributed by atoms with E-state index in [1.54, 1.807) is 24.3 Å². The van der Waals surface area contributed by atoms with E-state index in [1.165, 1.54) is 7.11 Å². The van der Waals surface area contributed by atoms with E-state index in [0.29, 0.717) is 6.29 Å². The van der Waals surface area contributed by atoms with Crippen LogP contribution in [0.1, 0.15) is 16.8 Å². The molecule has 7 nitrogen and oxygen atoms in total. The van der Waals surface area contributed by atoms with Crippen LogP contribution in [-0.2, 0) is 14.3 Å². The number of rotatable bonds is 3. The van der Waals surface area contributed by atoms with Gasteiger partial charge in [-0.3, -0.25) is 24.1 Å². The molecule has 0 bridgehead atoms. The Bertz CT molecular complexity index is 868. The maximum Gasteiger partial charge on any atom is 0.311 e. The van der Waals surface area contributed by atoms with Gasteiger partial charge in [-0.05, 0) is 12.1 Å². The second kappa shape index (κ2) is 5.68. The fourth-order valence-electron chi connectivity index (χ4n) is 2.68. The fourth-order valence-corrected chi connectivity index (χ4v) is 2.68. The summed E-state index contributed by atoms with van der Waals surface area (Å²) in [5.41, 5.74) is -0.471. The Kier molecular flexibility index (Phi) is 3.69. The summed E-state index contributed by atoms with van der Waals surface area (Å²) in [6.07, 6.45) is 0.313. The molecule has 1 amide bonds. The van der Waals surface area contributed by atoms with Crippen LogP contribution in [0.15, 0.2) is 33.5 Å². The van der Waals surface area contributed by atoms with Crippen molar-refractivity contribution in [3.8, 4) is 0 Å². The highest BCUT2D eigenvalue weighted by atomic mass is 16.5. The van der Waals surface area contributed by atoms with Crippen LogP contribution < -0.4 is 10.3 Å². The van der Waals surface area contributed by atoms with Crippen molar-refractivity contribution in [3.63, 3.8) is 0 Å². The molecule has 1 aromatic carbocycles. The van der Waals surface area contributed by atoms with Crippen LogP contribution >= 0.6 is 0 Å². The van der Waals surface area contributed by atoms with Crippen LogP contribution in [-0.4, -0.2) is 31.8 Å². The average molecular weight is 315 g/mol. The Morgan fingerprint density at radius 3 is 2.78 bits per heavy atom. The van der Waals surface area contributed by atoms with E-state index in [-0.39, 0.29) is 35.4 Å². The standard InChI is InChI=1S/C16H13NO6/c1-22-16(21)9-6-13(19)17(7-9)15-11(8-18)14(20)10-4-2-3-5-12(10)23-15/h2-5,8-9H,6-7H2,1H3. The maximum absolute atomic E-state index is 12.4. The third-order valence-corrected chi connectivity index (χ3v) is 3.84. The number of ether oxygens (including phenoxy) is 1. The third-order valence-electron chi connectivity index (χ3n) is 3.84. The molecule has 2 heterocycles. The maximum atomic E-state index is 12.4. The van der Waals surface area contributed by atoms with Crippen LogP contribution in [0.4, 0.5) is 5.88 Å². The number of hydrogen-bond acceptors (Lipinski definition) is 6. The number of hydrogen-bond donors (Lipinski definition) is 0. The number of methoxy groups -OCH3 is 1. The summed E-state index contributed by atoms with van der Waals surface area (Å²) < 4.78 is 10.2. The first kappa shape index (κ1) is 15.0. The molecule has 0 N–H and O–H groups in total. The van der Waals surface area contributed by atoms with E-state index >= 15 is 0 Å². The molecule has 1 unspecified atom stereocenters. The lowest BCUT2D eigenvalue weighted by Crippen LogP contribution is -2.29. The summed E-state index contributed by atoms with van der Waals surface area (Å²) in [7, 11) is 1.24. The van der Waals surface area contributed by atoms with Crippen molar-refractivity contribution >= 4 is 35.0 Å². The van der Waals surface area contributed by atoms with Crippen molar-refractivity contribution in [1.29, 1.82) is 0 Å². The SMILES string of the molecule is COC(=O)C1CC(=O)N(c2oc3ccccc3c(=O)c2C=O)C1. The minimum atomic E-state index is -0.649. The van der Waals surface area contributed by atoms with Gasteiger partial charge in [0.2, 0.25) is 17.2 Å². The van der Waals surface area contributed by atoms with E-state index in [2.05, 4.69) is 4.74 Å². The van der Waals surface area contributed by atoms with Gasteiger partial charge in [-0.25, -0.2) is 0 Å².